The van der Waals surface area contributed by atoms with E-state index >= 15 is 0 Å². The maximum atomic E-state index is 13.0. The van der Waals surface area contributed by atoms with Crippen LogP contribution in [-0.2, 0) is 4.79 Å². The van der Waals surface area contributed by atoms with E-state index in [1.807, 2.05) is 23.6 Å². The zero-order valence-electron chi connectivity index (χ0n) is 14.4. The van der Waals surface area contributed by atoms with Gasteiger partial charge in [0.2, 0.25) is 0 Å². The highest BCUT2D eigenvalue weighted by Gasteiger charge is 2.35. The van der Waals surface area contributed by atoms with Gasteiger partial charge in [-0.2, -0.15) is 5.10 Å². The number of carbonyl (C=O) groups excluding carboxylic acids is 1. The van der Waals surface area contributed by atoms with Crippen molar-refractivity contribution >= 4 is 23.0 Å². The molecule has 25 heavy (non-hydrogen) atoms. The second-order valence-electron chi connectivity index (χ2n) is 6.96. The predicted molar refractivity (Wildman–Crippen MR) is 98.6 cm³/mol. The number of amides is 1. The van der Waals surface area contributed by atoms with Crippen LogP contribution in [0.25, 0.3) is 0 Å². The number of piperidine rings is 1. The number of hydrogen-bond acceptors (Lipinski definition) is 5. The van der Waals surface area contributed by atoms with Gasteiger partial charge in [-0.05, 0) is 55.4 Å². The lowest BCUT2D eigenvalue weighted by Crippen LogP contribution is -2.41. The van der Waals surface area contributed by atoms with Gasteiger partial charge in [0.25, 0.3) is 5.91 Å². The molecule has 6 heteroatoms. The molecule has 4 rings (SSSR count). The number of furan rings is 1. The zero-order chi connectivity index (χ0) is 17.2. The minimum Gasteiger partial charge on any atom is -0.467 e. The molecule has 2 aliphatic rings. The van der Waals surface area contributed by atoms with Gasteiger partial charge in [0.05, 0.1) is 23.4 Å². The van der Waals surface area contributed by atoms with Gasteiger partial charge in [-0.15, -0.1) is 11.3 Å². The van der Waals surface area contributed by atoms with Crippen LogP contribution in [0, 0.1) is 5.92 Å². The lowest BCUT2D eigenvalue weighted by molar-refractivity contribution is -0.134. The Balaban J connectivity index is 1.52. The van der Waals surface area contributed by atoms with E-state index in [2.05, 4.69) is 23.0 Å². The molecule has 4 heterocycles. The summed E-state index contributed by atoms with van der Waals surface area (Å²) in [5, 5.41) is 8.36. The molecule has 0 spiro atoms. The van der Waals surface area contributed by atoms with Crippen molar-refractivity contribution in [2.24, 2.45) is 11.0 Å². The lowest BCUT2D eigenvalue weighted by atomic mass is 9.99. The van der Waals surface area contributed by atoms with Crippen molar-refractivity contribution in [1.82, 2.24) is 9.91 Å². The molecule has 1 fully saturated rings. The highest BCUT2D eigenvalue weighted by molar-refractivity contribution is 7.12. The molecule has 0 aromatic carbocycles. The number of hydrazone groups is 1. The maximum absolute atomic E-state index is 13.0. The highest BCUT2D eigenvalue weighted by atomic mass is 32.1. The van der Waals surface area contributed by atoms with Crippen LogP contribution in [0.4, 0.5) is 0 Å². The minimum absolute atomic E-state index is 0.0579. The number of carbonyl (C=O) groups is 1. The fourth-order valence-corrected chi connectivity index (χ4v) is 4.24. The fourth-order valence-electron chi connectivity index (χ4n) is 3.52. The van der Waals surface area contributed by atoms with Crippen molar-refractivity contribution in [3.8, 4) is 0 Å². The molecular formula is C19H23N3O2S. The normalized spacial score (nSPS) is 22.4. The number of rotatable bonds is 4. The van der Waals surface area contributed by atoms with E-state index in [1.54, 1.807) is 22.6 Å². The number of hydrogen-bond donors (Lipinski definition) is 0. The van der Waals surface area contributed by atoms with Crippen LogP contribution in [0.5, 0.6) is 0 Å². The van der Waals surface area contributed by atoms with Gasteiger partial charge < -0.3 is 4.42 Å². The average molecular weight is 357 g/mol. The van der Waals surface area contributed by atoms with Crippen molar-refractivity contribution in [2.75, 3.05) is 19.6 Å². The average Bonchev–Trinajstić information content (AvgIpc) is 3.36. The van der Waals surface area contributed by atoms with Crippen molar-refractivity contribution in [1.29, 1.82) is 0 Å². The van der Waals surface area contributed by atoms with E-state index in [-0.39, 0.29) is 11.9 Å². The van der Waals surface area contributed by atoms with Gasteiger partial charge in [0.15, 0.2) is 0 Å². The summed E-state index contributed by atoms with van der Waals surface area (Å²) in [5.74, 6) is 1.62. The Morgan fingerprint density at radius 2 is 2.16 bits per heavy atom. The van der Waals surface area contributed by atoms with Gasteiger partial charge in [0.1, 0.15) is 11.8 Å². The van der Waals surface area contributed by atoms with Crippen molar-refractivity contribution in [2.45, 2.75) is 32.2 Å². The monoisotopic (exact) mass is 357 g/mol. The summed E-state index contributed by atoms with van der Waals surface area (Å²) >= 11 is 1.66. The zero-order valence-corrected chi connectivity index (χ0v) is 15.2. The molecule has 1 amide bonds. The van der Waals surface area contributed by atoms with E-state index in [9.17, 15) is 4.79 Å². The molecule has 132 valence electrons. The second kappa shape index (κ2) is 7.14. The number of thiophene rings is 1. The van der Waals surface area contributed by atoms with Crippen LogP contribution in [-0.4, -0.2) is 41.2 Å². The van der Waals surface area contributed by atoms with Crippen LogP contribution in [0.1, 0.15) is 42.9 Å². The van der Waals surface area contributed by atoms with E-state index in [0.29, 0.717) is 13.0 Å². The van der Waals surface area contributed by atoms with Crippen LogP contribution < -0.4 is 0 Å². The Morgan fingerprint density at radius 3 is 2.84 bits per heavy atom. The predicted octanol–water partition coefficient (Wildman–Crippen LogP) is 3.75. The minimum atomic E-state index is -0.136. The highest BCUT2D eigenvalue weighted by Crippen LogP contribution is 2.34. The topological polar surface area (TPSA) is 49.1 Å². The lowest BCUT2D eigenvalue weighted by Gasteiger charge is -2.31. The van der Waals surface area contributed by atoms with Gasteiger partial charge in [0, 0.05) is 6.42 Å². The van der Waals surface area contributed by atoms with E-state index < -0.39 is 0 Å². The molecule has 2 aromatic heterocycles. The molecule has 0 bridgehead atoms. The van der Waals surface area contributed by atoms with Crippen LogP contribution in [0.3, 0.4) is 0 Å². The Morgan fingerprint density at radius 1 is 1.32 bits per heavy atom. The smallest absolute Gasteiger partial charge is 0.257 e. The summed E-state index contributed by atoms with van der Waals surface area (Å²) in [6.45, 7) is 4.70. The van der Waals surface area contributed by atoms with Crippen LogP contribution in [0.2, 0.25) is 0 Å². The first-order valence-electron chi connectivity index (χ1n) is 8.90. The van der Waals surface area contributed by atoms with Crippen LogP contribution in [0.15, 0.2) is 45.4 Å². The first-order valence-corrected chi connectivity index (χ1v) is 9.78. The molecule has 2 aromatic rings. The van der Waals surface area contributed by atoms with E-state index in [1.165, 1.54) is 12.8 Å². The van der Waals surface area contributed by atoms with Gasteiger partial charge in [-0.1, -0.05) is 13.0 Å². The number of likely N-dealkylation sites (tertiary alicyclic amines) is 1. The Bertz CT molecular complexity index is 731. The van der Waals surface area contributed by atoms with E-state index in [4.69, 9.17) is 4.42 Å². The Labute approximate surface area is 151 Å². The summed E-state index contributed by atoms with van der Waals surface area (Å²) in [6.07, 6.45) is 4.70. The summed E-state index contributed by atoms with van der Waals surface area (Å²) in [6, 6.07) is 7.74. The molecule has 2 aliphatic heterocycles. The first kappa shape index (κ1) is 16.5. The largest absolute Gasteiger partial charge is 0.467 e. The quantitative estimate of drug-likeness (QED) is 0.837. The van der Waals surface area contributed by atoms with Crippen molar-refractivity contribution in [3.05, 3.63) is 46.5 Å². The molecule has 0 radical (unpaired) electrons. The summed E-state index contributed by atoms with van der Waals surface area (Å²) in [7, 11) is 0. The second-order valence-corrected chi connectivity index (χ2v) is 7.90. The van der Waals surface area contributed by atoms with Gasteiger partial charge in [-0.25, -0.2) is 5.01 Å². The number of nitrogens with zero attached hydrogens (tertiary/aromatic N) is 3. The summed E-state index contributed by atoms with van der Waals surface area (Å²) in [5.41, 5.74) is 0.969. The summed E-state index contributed by atoms with van der Waals surface area (Å²) in [4.78, 5) is 16.3. The molecule has 0 N–H and O–H groups in total. The third-order valence-electron chi connectivity index (χ3n) is 5.08. The molecule has 1 saturated heterocycles. The molecular weight excluding hydrogens is 334 g/mol. The molecule has 1 atom stereocenters. The molecule has 0 unspecified atom stereocenters. The SMILES string of the molecule is CC1CCN(CC(=O)N2N=C(c3cccs3)C[C@@H]2c2ccco2)CC1. The van der Waals surface area contributed by atoms with Gasteiger partial charge in [-0.3, -0.25) is 9.69 Å². The molecule has 5 nitrogen and oxygen atoms in total. The molecule has 0 saturated carbocycles. The fraction of sp³-hybridized carbons (Fsp3) is 0.474. The van der Waals surface area contributed by atoms with E-state index in [0.717, 1.165) is 35.4 Å². The Hall–Kier alpha value is -1.92. The van der Waals surface area contributed by atoms with Crippen LogP contribution >= 0.6 is 11.3 Å². The van der Waals surface area contributed by atoms with Crippen molar-refractivity contribution in [3.63, 3.8) is 0 Å². The van der Waals surface area contributed by atoms with Crippen molar-refractivity contribution < 1.29 is 9.21 Å². The first-order chi connectivity index (χ1) is 12.2. The summed E-state index contributed by atoms with van der Waals surface area (Å²) < 4.78 is 5.59. The third-order valence-corrected chi connectivity index (χ3v) is 6.00. The molecule has 0 aliphatic carbocycles. The van der Waals surface area contributed by atoms with Gasteiger partial charge >= 0.3 is 0 Å². The maximum Gasteiger partial charge on any atom is 0.257 e. The Kier molecular flexibility index (Phi) is 4.72. The standard InChI is InChI=1S/C19H23N3O2S/c1-14-6-8-21(9-7-14)13-19(23)22-16(17-4-2-10-24-17)12-15(20-22)18-5-3-11-25-18/h2-5,10-11,14,16H,6-9,12-13H2,1H3/t16-/m1/s1. The third kappa shape index (κ3) is 3.55.